The molecule has 0 aliphatic carbocycles. The number of hydrogen-bond acceptors (Lipinski definition) is 1. The zero-order valence-electron chi connectivity index (χ0n) is 15.5. The third-order valence-electron chi connectivity index (χ3n) is 5.59. The Hall–Kier alpha value is -3.11. The normalized spacial score (nSPS) is 16.1. The van der Waals surface area contributed by atoms with Gasteiger partial charge in [-0.05, 0) is 47.9 Å². The highest BCUT2D eigenvalue weighted by atomic mass is 35.5. The van der Waals surface area contributed by atoms with Crippen LogP contribution in [0.4, 0.5) is 4.39 Å². The predicted octanol–water partition coefficient (Wildman–Crippen LogP) is 5.75. The number of fused-ring (bicyclic) bond motifs is 3. The van der Waals surface area contributed by atoms with Gasteiger partial charge in [0.25, 0.3) is 5.91 Å². The monoisotopic (exact) mass is 404 g/mol. The minimum atomic E-state index is -0.337. The van der Waals surface area contributed by atoms with E-state index in [1.807, 2.05) is 35.2 Å². The molecule has 0 radical (unpaired) electrons. The number of H-pyrrole nitrogens is 1. The lowest BCUT2D eigenvalue weighted by atomic mass is 9.91. The van der Waals surface area contributed by atoms with Gasteiger partial charge in [-0.2, -0.15) is 0 Å². The second-order valence-electron chi connectivity index (χ2n) is 7.25. The van der Waals surface area contributed by atoms with Crippen LogP contribution >= 0.6 is 11.6 Å². The van der Waals surface area contributed by atoms with Crippen LogP contribution in [0.15, 0.2) is 72.8 Å². The summed E-state index contributed by atoms with van der Waals surface area (Å²) in [6.07, 6.45) is 0.743. The van der Waals surface area contributed by atoms with Crippen LogP contribution < -0.4 is 0 Å². The van der Waals surface area contributed by atoms with Crippen molar-refractivity contribution in [3.8, 4) is 0 Å². The molecule has 1 amide bonds. The van der Waals surface area contributed by atoms with Gasteiger partial charge in [-0.1, -0.05) is 54.1 Å². The smallest absolute Gasteiger partial charge is 0.256 e. The Labute approximate surface area is 172 Å². The lowest BCUT2D eigenvalue weighted by molar-refractivity contribution is 0.0692. The van der Waals surface area contributed by atoms with Crippen molar-refractivity contribution >= 4 is 28.4 Å². The fourth-order valence-electron chi connectivity index (χ4n) is 4.24. The summed E-state index contributed by atoms with van der Waals surface area (Å²) in [6.45, 7) is 0.556. The molecule has 1 aromatic heterocycles. The molecular weight excluding hydrogens is 387 g/mol. The molecule has 0 saturated carbocycles. The maximum Gasteiger partial charge on any atom is 0.256 e. The zero-order valence-corrected chi connectivity index (χ0v) is 16.3. The maximum absolute atomic E-state index is 13.6. The lowest BCUT2D eigenvalue weighted by Gasteiger charge is -2.36. The number of carbonyl (C=O) groups is 1. The standard InChI is InChI=1S/C24H18ClFN2O/c25-20-7-3-1-6-19(20)24(29)28-14-13-18-17-5-2-4-8-21(17)27-22(18)23(28)15-9-11-16(26)12-10-15/h1-12,23,27H,13-14H2/t23-/m0/s1. The van der Waals surface area contributed by atoms with Crippen LogP contribution in [0.25, 0.3) is 10.9 Å². The van der Waals surface area contributed by atoms with E-state index in [-0.39, 0.29) is 17.8 Å². The Morgan fingerprint density at radius 3 is 2.52 bits per heavy atom. The number of carbonyl (C=O) groups excluding carboxylic acids is 1. The van der Waals surface area contributed by atoms with E-state index in [1.54, 1.807) is 24.3 Å². The molecule has 3 nitrogen and oxygen atoms in total. The Kier molecular flexibility index (Phi) is 4.36. The van der Waals surface area contributed by atoms with Crippen LogP contribution in [0.2, 0.25) is 5.02 Å². The van der Waals surface area contributed by atoms with E-state index in [0.717, 1.165) is 23.2 Å². The van der Waals surface area contributed by atoms with Crippen molar-refractivity contribution < 1.29 is 9.18 Å². The van der Waals surface area contributed by atoms with Crippen LogP contribution in [0.3, 0.4) is 0 Å². The molecule has 0 spiro atoms. The Balaban J connectivity index is 1.68. The number of nitrogens with one attached hydrogen (secondary N) is 1. The molecule has 0 fully saturated rings. The molecule has 0 saturated heterocycles. The van der Waals surface area contributed by atoms with Crippen LogP contribution in [-0.4, -0.2) is 22.3 Å². The first-order valence-corrected chi connectivity index (χ1v) is 9.92. The van der Waals surface area contributed by atoms with Crippen molar-refractivity contribution in [2.45, 2.75) is 12.5 Å². The average Bonchev–Trinajstić information content (AvgIpc) is 3.12. The number of hydrogen-bond donors (Lipinski definition) is 1. The van der Waals surface area contributed by atoms with Crippen molar-refractivity contribution in [2.24, 2.45) is 0 Å². The van der Waals surface area contributed by atoms with Crippen molar-refractivity contribution in [1.82, 2.24) is 9.88 Å². The Morgan fingerprint density at radius 2 is 1.72 bits per heavy atom. The van der Waals surface area contributed by atoms with Crippen molar-refractivity contribution in [3.05, 3.63) is 106 Å². The van der Waals surface area contributed by atoms with E-state index < -0.39 is 0 Å². The molecule has 0 bridgehead atoms. The minimum absolute atomic E-state index is 0.130. The number of rotatable bonds is 2. The van der Waals surface area contributed by atoms with Gasteiger partial charge in [-0.3, -0.25) is 4.79 Å². The van der Waals surface area contributed by atoms with Gasteiger partial charge in [0.15, 0.2) is 0 Å². The summed E-state index contributed by atoms with van der Waals surface area (Å²) >= 11 is 6.31. The molecular formula is C24H18ClFN2O. The molecule has 3 aromatic carbocycles. The second-order valence-corrected chi connectivity index (χ2v) is 7.65. The van der Waals surface area contributed by atoms with Gasteiger partial charge in [0, 0.05) is 23.1 Å². The van der Waals surface area contributed by atoms with Gasteiger partial charge in [0.05, 0.1) is 16.6 Å². The lowest BCUT2D eigenvalue weighted by Crippen LogP contribution is -2.40. The van der Waals surface area contributed by atoms with Crippen molar-refractivity contribution in [1.29, 1.82) is 0 Å². The third kappa shape index (κ3) is 3.00. The molecule has 29 heavy (non-hydrogen) atoms. The molecule has 1 aliphatic heterocycles. The van der Waals surface area contributed by atoms with E-state index >= 15 is 0 Å². The van der Waals surface area contributed by atoms with E-state index in [9.17, 15) is 9.18 Å². The molecule has 1 N–H and O–H groups in total. The summed E-state index contributed by atoms with van der Waals surface area (Å²) in [5.41, 5.74) is 4.55. The molecule has 4 aromatic rings. The molecule has 5 heteroatoms. The molecule has 2 heterocycles. The van der Waals surface area contributed by atoms with Gasteiger partial charge in [0.1, 0.15) is 5.82 Å². The number of aromatic amines is 1. The summed E-state index contributed by atoms with van der Waals surface area (Å²) in [7, 11) is 0. The Morgan fingerprint density at radius 1 is 1.00 bits per heavy atom. The number of halogens is 2. The molecule has 144 valence electrons. The van der Waals surface area contributed by atoms with E-state index in [2.05, 4.69) is 11.1 Å². The van der Waals surface area contributed by atoms with Crippen LogP contribution in [0, 0.1) is 5.82 Å². The van der Waals surface area contributed by atoms with E-state index in [0.29, 0.717) is 17.1 Å². The second kappa shape index (κ2) is 7.05. The van der Waals surface area contributed by atoms with Gasteiger partial charge in [-0.25, -0.2) is 4.39 Å². The first-order valence-electron chi connectivity index (χ1n) is 9.54. The minimum Gasteiger partial charge on any atom is -0.356 e. The number of para-hydroxylation sites is 1. The summed E-state index contributed by atoms with van der Waals surface area (Å²) in [5, 5.41) is 1.59. The number of nitrogens with zero attached hydrogens (tertiary/aromatic N) is 1. The average molecular weight is 405 g/mol. The van der Waals surface area contributed by atoms with Crippen molar-refractivity contribution in [2.75, 3.05) is 6.54 Å². The fraction of sp³-hybridized carbons (Fsp3) is 0.125. The van der Waals surface area contributed by atoms with Crippen LogP contribution in [0.1, 0.15) is 33.2 Å². The summed E-state index contributed by atoms with van der Waals surface area (Å²) in [4.78, 5) is 18.8. The van der Waals surface area contributed by atoms with Crippen molar-refractivity contribution in [3.63, 3.8) is 0 Å². The SMILES string of the molecule is O=C(c1ccccc1Cl)N1CCc2c([nH]c3ccccc23)[C@@H]1c1ccc(F)cc1. The fourth-order valence-corrected chi connectivity index (χ4v) is 4.46. The number of benzene rings is 3. The summed E-state index contributed by atoms with van der Waals surface area (Å²) in [5.74, 6) is -0.431. The van der Waals surface area contributed by atoms with Gasteiger partial charge >= 0.3 is 0 Å². The highest BCUT2D eigenvalue weighted by Crippen LogP contribution is 2.39. The third-order valence-corrected chi connectivity index (χ3v) is 5.91. The van der Waals surface area contributed by atoms with E-state index in [1.165, 1.54) is 23.1 Å². The van der Waals surface area contributed by atoms with Gasteiger partial charge in [0.2, 0.25) is 0 Å². The Bertz CT molecular complexity index is 1220. The van der Waals surface area contributed by atoms with Crippen LogP contribution in [0.5, 0.6) is 0 Å². The van der Waals surface area contributed by atoms with E-state index in [4.69, 9.17) is 11.6 Å². The van der Waals surface area contributed by atoms with Crippen LogP contribution in [-0.2, 0) is 6.42 Å². The predicted molar refractivity (Wildman–Crippen MR) is 113 cm³/mol. The molecule has 1 aliphatic rings. The molecule has 1 atom stereocenters. The van der Waals surface area contributed by atoms with Gasteiger partial charge in [-0.15, -0.1) is 0 Å². The topological polar surface area (TPSA) is 36.1 Å². The molecule has 0 unspecified atom stereocenters. The first kappa shape index (κ1) is 18.0. The maximum atomic E-state index is 13.6. The summed E-state index contributed by atoms with van der Waals surface area (Å²) in [6, 6.07) is 21.2. The first-order chi connectivity index (χ1) is 14.1. The number of amides is 1. The number of aromatic nitrogens is 1. The zero-order chi connectivity index (χ0) is 20.0. The quantitative estimate of drug-likeness (QED) is 0.453. The highest BCUT2D eigenvalue weighted by molar-refractivity contribution is 6.33. The summed E-state index contributed by atoms with van der Waals surface area (Å²) < 4.78 is 13.6. The largest absolute Gasteiger partial charge is 0.356 e. The highest BCUT2D eigenvalue weighted by Gasteiger charge is 2.35. The molecule has 5 rings (SSSR count). The van der Waals surface area contributed by atoms with Gasteiger partial charge < -0.3 is 9.88 Å².